The van der Waals surface area contributed by atoms with Crippen LogP contribution in [0.3, 0.4) is 0 Å². The molecule has 31 heavy (non-hydrogen) atoms. The molecule has 1 atom stereocenters. The first kappa shape index (κ1) is 22.2. The molecule has 1 aliphatic rings. The van der Waals surface area contributed by atoms with Gasteiger partial charge in [0.15, 0.2) is 0 Å². The number of rotatable bonds is 5. The molecule has 3 N–H and O–H groups in total. The molecule has 1 saturated heterocycles. The van der Waals surface area contributed by atoms with Crippen molar-refractivity contribution in [2.75, 3.05) is 4.90 Å². The van der Waals surface area contributed by atoms with E-state index in [-0.39, 0.29) is 23.6 Å². The summed E-state index contributed by atoms with van der Waals surface area (Å²) in [6, 6.07) is 3.15. The van der Waals surface area contributed by atoms with Gasteiger partial charge in [-0.2, -0.15) is 13.2 Å². The van der Waals surface area contributed by atoms with Crippen molar-refractivity contribution in [1.82, 2.24) is 9.88 Å². The van der Waals surface area contributed by atoms with Crippen LogP contribution in [0.25, 0.3) is 0 Å². The maximum absolute atomic E-state index is 12.9. The van der Waals surface area contributed by atoms with Crippen LogP contribution in [-0.4, -0.2) is 47.6 Å². The first-order valence-electron chi connectivity index (χ1n) is 8.69. The van der Waals surface area contributed by atoms with Crippen LogP contribution in [0.4, 0.5) is 23.7 Å². The van der Waals surface area contributed by atoms with Gasteiger partial charge < -0.3 is 10.6 Å². The summed E-state index contributed by atoms with van der Waals surface area (Å²) in [6.45, 7) is 1.40. The lowest BCUT2D eigenvalue weighted by atomic mass is 10.1. The lowest BCUT2D eigenvalue weighted by Crippen LogP contribution is -2.34. The highest BCUT2D eigenvalue weighted by Gasteiger charge is 2.47. The third kappa shape index (κ3) is 3.83. The van der Waals surface area contributed by atoms with Gasteiger partial charge in [-0.25, -0.2) is 18.1 Å². The minimum Gasteiger partial charge on any atom is -0.384 e. The van der Waals surface area contributed by atoms with Crippen LogP contribution >= 0.6 is 0 Å². The van der Waals surface area contributed by atoms with Crippen molar-refractivity contribution in [3.63, 3.8) is 0 Å². The summed E-state index contributed by atoms with van der Waals surface area (Å²) in [4.78, 5) is 30.4. The zero-order valence-electron chi connectivity index (χ0n) is 15.9. The fourth-order valence-corrected chi connectivity index (χ4v) is 3.81. The molecule has 13 heteroatoms. The first-order valence-corrected chi connectivity index (χ1v) is 10.2. The van der Waals surface area contributed by atoms with Crippen LogP contribution in [0.5, 0.6) is 0 Å². The number of amidine groups is 1. The highest BCUT2D eigenvalue weighted by molar-refractivity contribution is 7.92. The smallest absolute Gasteiger partial charge is 0.384 e. The predicted molar refractivity (Wildman–Crippen MR) is 103 cm³/mol. The Labute approximate surface area is 174 Å². The van der Waals surface area contributed by atoms with Gasteiger partial charge in [-0.3, -0.25) is 15.2 Å². The summed E-state index contributed by atoms with van der Waals surface area (Å²) in [6.07, 6.45) is 2.79. The van der Waals surface area contributed by atoms with Gasteiger partial charge in [0.05, 0.1) is 10.6 Å². The van der Waals surface area contributed by atoms with Gasteiger partial charge in [0, 0.05) is 24.5 Å². The maximum Gasteiger partial charge on any atom is 0.501 e. The average Bonchev–Trinajstić information content (AvgIpc) is 2.91. The number of sulfone groups is 1. The molecule has 1 aromatic heterocycles. The number of anilines is 1. The number of nitrogens with zero attached hydrogens (tertiary/aromatic N) is 3. The number of carbonyl (C=O) groups is 2. The second-order valence-electron chi connectivity index (χ2n) is 6.65. The summed E-state index contributed by atoms with van der Waals surface area (Å²) in [5.74, 6) is -0.915. The zero-order valence-corrected chi connectivity index (χ0v) is 16.7. The number of amides is 3. The molecule has 1 fully saturated rings. The van der Waals surface area contributed by atoms with E-state index in [4.69, 9.17) is 11.1 Å². The molecule has 0 spiro atoms. The fraction of sp³-hybridized carbons (Fsp3) is 0.222. The van der Waals surface area contributed by atoms with E-state index in [1.807, 2.05) is 0 Å². The number of hydrogen-bond acceptors (Lipinski definition) is 6. The predicted octanol–water partition coefficient (Wildman–Crippen LogP) is 2.02. The van der Waals surface area contributed by atoms with Crippen molar-refractivity contribution in [2.45, 2.75) is 29.9 Å². The number of halogens is 3. The summed E-state index contributed by atoms with van der Waals surface area (Å²) in [5, 5.41) is 7.61. The number of nitrogens with two attached hydrogens (primary N) is 1. The molecule has 2 aromatic rings. The number of imide groups is 1. The van der Waals surface area contributed by atoms with Gasteiger partial charge in [0.2, 0.25) is 0 Å². The lowest BCUT2D eigenvalue weighted by molar-refractivity contribution is -0.119. The van der Waals surface area contributed by atoms with Crippen LogP contribution in [0.15, 0.2) is 47.6 Å². The van der Waals surface area contributed by atoms with Gasteiger partial charge in [0.25, 0.3) is 15.7 Å². The molecule has 0 aliphatic carbocycles. The SMILES string of the molecule is CC1C(=O)N(c2ccc(S(=O)(=O)C(F)(F)F)cc2)C(=O)N1Cc1ccncc1C(=N)N. The summed E-state index contributed by atoms with van der Waals surface area (Å²) >= 11 is 0. The number of hydrogen-bond donors (Lipinski definition) is 2. The molecule has 164 valence electrons. The lowest BCUT2D eigenvalue weighted by Gasteiger charge is -2.20. The number of pyridine rings is 1. The average molecular weight is 455 g/mol. The minimum absolute atomic E-state index is 0.0692. The molecule has 0 saturated carbocycles. The van der Waals surface area contributed by atoms with Gasteiger partial charge in [0.1, 0.15) is 11.9 Å². The summed E-state index contributed by atoms with van der Waals surface area (Å²) in [5.41, 5.74) is 0.729. The number of alkyl halides is 3. The Bertz CT molecular complexity index is 1170. The maximum atomic E-state index is 12.9. The van der Waals surface area contributed by atoms with E-state index in [0.29, 0.717) is 17.7 Å². The van der Waals surface area contributed by atoms with Crippen LogP contribution in [0, 0.1) is 5.41 Å². The Morgan fingerprint density at radius 1 is 1.19 bits per heavy atom. The number of carbonyl (C=O) groups excluding carboxylic acids is 2. The Hall–Kier alpha value is -3.48. The normalized spacial score (nSPS) is 17.4. The fourth-order valence-electron chi connectivity index (χ4n) is 3.05. The molecule has 1 aliphatic heterocycles. The van der Waals surface area contributed by atoms with E-state index in [0.717, 1.165) is 17.0 Å². The van der Waals surface area contributed by atoms with E-state index in [1.165, 1.54) is 24.2 Å². The van der Waals surface area contributed by atoms with Crippen LogP contribution in [0.2, 0.25) is 0 Å². The third-order valence-corrected chi connectivity index (χ3v) is 6.24. The third-order valence-electron chi connectivity index (χ3n) is 4.73. The second kappa shape index (κ2) is 7.65. The molecule has 0 bridgehead atoms. The van der Waals surface area contributed by atoms with Crippen LogP contribution < -0.4 is 10.6 Å². The van der Waals surface area contributed by atoms with Gasteiger partial charge in [-0.1, -0.05) is 0 Å². The molecular formula is C18H16F3N5O4S. The van der Waals surface area contributed by atoms with Crippen molar-refractivity contribution in [2.24, 2.45) is 5.73 Å². The van der Waals surface area contributed by atoms with Crippen molar-refractivity contribution in [3.8, 4) is 0 Å². The Balaban J connectivity index is 1.90. The molecule has 3 amide bonds. The highest BCUT2D eigenvalue weighted by atomic mass is 32.2. The minimum atomic E-state index is -5.56. The van der Waals surface area contributed by atoms with Gasteiger partial charge in [-0.05, 0) is 42.8 Å². The summed E-state index contributed by atoms with van der Waals surface area (Å²) in [7, 11) is -5.56. The molecule has 0 radical (unpaired) electrons. The number of benzene rings is 1. The standard InChI is InChI=1S/C18H16F3N5O4S/c1-10-16(27)26(12-2-4-13(5-3-12)31(29,30)18(19,20)21)17(28)25(10)9-11-6-7-24-8-14(11)15(22)23/h2-8,10H,9H2,1H3,(H3,22,23). The second-order valence-corrected chi connectivity index (χ2v) is 8.59. The van der Waals surface area contributed by atoms with Crippen LogP contribution in [0.1, 0.15) is 18.1 Å². The Morgan fingerprint density at radius 2 is 1.81 bits per heavy atom. The summed E-state index contributed by atoms with van der Waals surface area (Å²) < 4.78 is 61.1. The molecule has 3 rings (SSSR count). The van der Waals surface area contributed by atoms with Crippen molar-refractivity contribution in [3.05, 3.63) is 53.9 Å². The van der Waals surface area contributed by atoms with Crippen molar-refractivity contribution >= 4 is 33.3 Å². The topological polar surface area (TPSA) is 138 Å². The Morgan fingerprint density at radius 3 is 2.35 bits per heavy atom. The highest BCUT2D eigenvalue weighted by Crippen LogP contribution is 2.32. The van der Waals surface area contributed by atoms with Gasteiger partial charge in [-0.15, -0.1) is 0 Å². The van der Waals surface area contributed by atoms with Crippen molar-refractivity contribution in [1.29, 1.82) is 5.41 Å². The zero-order chi connectivity index (χ0) is 23.1. The van der Waals surface area contributed by atoms with Crippen molar-refractivity contribution < 1.29 is 31.2 Å². The molecule has 2 heterocycles. The van der Waals surface area contributed by atoms with Gasteiger partial charge >= 0.3 is 11.5 Å². The number of nitrogen functional groups attached to an aromatic ring is 1. The molecular weight excluding hydrogens is 439 g/mol. The van der Waals surface area contributed by atoms with E-state index in [1.54, 1.807) is 6.07 Å². The van der Waals surface area contributed by atoms with E-state index in [9.17, 15) is 31.2 Å². The van der Waals surface area contributed by atoms with E-state index >= 15 is 0 Å². The number of nitrogens with one attached hydrogen (secondary N) is 1. The van der Waals surface area contributed by atoms with E-state index < -0.39 is 38.2 Å². The molecule has 9 nitrogen and oxygen atoms in total. The largest absolute Gasteiger partial charge is 0.501 e. The van der Waals surface area contributed by atoms with Crippen LogP contribution in [-0.2, 0) is 21.2 Å². The monoisotopic (exact) mass is 455 g/mol. The number of urea groups is 1. The number of aromatic nitrogens is 1. The quantitative estimate of drug-likeness (QED) is 0.402. The molecule has 1 aromatic carbocycles. The molecule has 1 unspecified atom stereocenters. The first-order chi connectivity index (χ1) is 14.4. The van der Waals surface area contributed by atoms with E-state index in [2.05, 4.69) is 4.98 Å². The Kier molecular flexibility index (Phi) is 5.48.